The number of amides is 2. The van der Waals surface area contributed by atoms with Crippen molar-refractivity contribution in [3.63, 3.8) is 0 Å². The number of carbonyl (C=O) groups is 2. The minimum Gasteiger partial charge on any atom is -0.337 e. The molecule has 5 rings (SSSR count). The summed E-state index contributed by atoms with van der Waals surface area (Å²) in [5.41, 5.74) is 3.77. The van der Waals surface area contributed by atoms with E-state index < -0.39 is 5.92 Å². The molecule has 0 bridgehead atoms. The summed E-state index contributed by atoms with van der Waals surface area (Å²) in [5, 5.41) is 6.91. The van der Waals surface area contributed by atoms with E-state index in [0.717, 1.165) is 16.7 Å². The first-order chi connectivity index (χ1) is 17.0. The van der Waals surface area contributed by atoms with E-state index in [0.29, 0.717) is 23.0 Å². The summed E-state index contributed by atoms with van der Waals surface area (Å²) < 4.78 is 19.3. The molecule has 0 saturated carbocycles. The Bertz CT molecular complexity index is 1370. The molecule has 8 heteroatoms. The quantitative estimate of drug-likeness (QED) is 0.436. The number of benzene rings is 3. The van der Waals surface area contributed by atoms with E-state index in [9.17, 15) is 14.0 Å². The molecule has 0 spiro atoms. The van der Waals surface area contributed by atoms with Gasteiger partial charge in [-0.2, -0.15) is 4.98 Å². The Morgan fingerprint density at radius 1 is 1.06 bits per heavy atom. The summed E-state index contributed by atoms with van der Waals surface area (Å²) in [7, 11) is 0. The summed E-state index contributed by atoms with van der Waals surface area (Å²) in [6.07, 6.45) is 0.0993. The number of nitrogens with one attached hydrogen (secondary N) is 1. The van der Waals surface area contributed by atoms with Crippen LogP contribution in [0.3, 0.4) is 0 Å². The van der Waals surface area contributed by atoms with Crippen LogP contribution in [-0.2, 0) is 16.1 Å². The van der Waals surface area contributed by atoms with Crippen LogP contribution >= 0.6 is 0 Å². The second-order valence-electron chi connectivity index (χ2n) is 8.62. The lowest BCUT2D eigenvalue weighted by Gasteiger charge is -2.17. The predicted molar refractivity (Wildman–Crippen MR) is 128 cm³/mol. The summed E-state index contributed by atoms with van der Waals surface area (Å²) in [6.45, 7) is 2.41. The van der Waals surface area contributed by atoms with Gasteiger partial charge in [-0.15, -0.1) is 0 Å². The first kappa shape index (κ1) is 22.5. The standard InChI is InChI=1S/C27H23FN4O3/c1-17-6-8-18(9-7-17)25-30-27(35-31-25)19-10-12-22(13-11-19)29-26(34)21-14-24(33)32(16-21)15-20-4-2-3-5-23(20)28/h2-13,21H,14-16H2,1H3,(H,29,34). The molecule has 2 heterocycles. The number of carbonyl (C=O) groups excluding carboxylic acids is 2. The van der Waals surface area contributed by atoms with Crippen LogP contribution in [0.1, 0.15) is 17.5 Å². The number of aromatic nitrogens is 2. The lowest BCUT2D eigenvalue weighted by molar-refractivity contribution is -0.128. The number of nitrogens with zero attached hydrogens (tertiary/aromatic N) is 3. The molecule has 0 radical (unpaired) electrons. The number of halogens is 1. The summed E-state index contributed by atoms with van der Waals surface area (Å²) in [6, 6.07) is 21.2. The molecule has 3 aromatic carbocycles. The van der Waals surface area contributed by atoms with E-state index in [1.54, 1.807) is 42.5 Å². The van der Waals surface area contributed by atoms with Gasteiger partial charge in [0, 0.05) is 41.9 Å². The molecule has 1 fully saturated rings. The third kappa shape index (κ3) is 4.96. The van der Waals surface area contributed by atoms with Crippen LogP contribution in [0.15, 0.2) is 77.3 Å². The van der Waals surface area contributed by atoms with Crippen LogP contribution in [0, 0.1) is 18.7 Å². The zero-order chi connectivity index (χ0) is 24.4. The van der Waals surface area contributed by atoms with Crippen molar-refractivity contribution in [2.75, 3.05) is 11.9 Å². The number of anilines is 1. The first-order valence-electron chi connectivity index (χ1n) is 11.3. The normalized spacial score (nSPS) is 15.4. The van der Waals surface area contributed by atoms with Gasteiger partial charge >= 0.3 is 0 Å². The van der Waals surface area contributed by atoms with E-state index in [1.807, 2.05) is 31.2 Å². The van der Waals surface area contributed by atoms with Crippen molar-refractivity contribution in [2.24, 2.45) is 5.92 Å². The predicted octanol–water partition coefficient (Wildman–Crippen LogP) is 4.84. The zero-order valence-electron chi connectivity index (χ0n) is 19.1. The Morgan fingerprint density at radius 3 is 2.51 bits per heavy atom. The summed E-state index contributed by atoms with van der Waals surface area (Å²) >= 11 is 0. The first-order valence-corrected chi connectivity index (χ1v) is 11.3. The minimum atomic E-state index is -0.498. The Morgan fingerprint density at radius 2 is 1.77 bits per heavy atom. The number of hydrogen-bond donors (Lipinski definition) is 1. The van der Waals surface area contributed by atoms with Crippen LogP contribution in [0.25, 0.3) is 22.8 Å². The molecule has 7 nitrogen and oxygen atoms in total. The fourth-order valence-corrected chi connectivity index (χ4v) is 4.03. The molecule has 1 N–H and O–H groups in total. The number of likely N-dealkylation sites (tertiary alicyclic amines) is 1. The maximum absolute atomic E-state index is 13.9. The third-order valence-corrected chi connectivity index (χ3v) is 6.04. The second-order valence-corrected chi connectivity index (χ2v) is 8.62. The summed E-state index contributed by atoms with van der Waals surface area (Å²) in [5.74, 6) is -0.388. The fourth-order valence-electron chi connectivity index (χ4n) is 4.03. The Labute approximate surface area is 201 Å². The maximum atomic E-state index is 13.9. The van der Waals surface area contributed by atoms with Crippen LogP contribution < -0.4 is 5.32 Å². The van der Waals surface area contributed by atoms with Crippen molar-refractivity contribution < 1.29 is 18.5 Å². The zero-order valence-corrected chi connectivity index (χ0v) is 19.1. The molecule has 176 valence electrons. The van der Waals surface area contributed by atoms with Crippen molar-refractivity contribution in [1.82, 2.24) is 15.0 Å². The van der Waals surface area contributed by atoms with Crippen LogP contribution in [-0.4, -0.2) is 33.4 Å². The lowest BCUT2D eigenvalue weighted by Crippen LogP contribution is -2.28. The van der Waals surface area contributed by atoms with Gasteiger partial charge in [-0.25, -0.2) is 4.39 Å². The van der Waals surface area contributed by atoms with Crippen molar-refractivity contribution in [2.45, 2.75) is 19.9 Å². The largest absolute Gasteiger partial charge is 0.337 e. The van der Waals surface area contributed by atoms with E-state index in [4.69, 9.17) is 4.52 Å². The summed E-state index contributed by atoms with van der Waals surface area (Å²) in [4.78, 5) is 31.1. The van der Waals surface area contributed by atoms with Crippen molar-refractivity contribution in [3.05, 3.63) is 89.7 Å². The van der Waals surface area contributed by atoms with Gasteiger partial charge in [0.15, 0.2) is 0 Å². The molecular weight excluding hydrogens is 447 g/mol. The van der Waals surface area contributed by atoms with Gasteiger partial charge in [0.2, 0.25) is 17.6 Å². The van der Waals surface area contributed by atoms with E-state index >= 15 is 0 Å². The van der Waals surface area contributed by atoms with Crippen LogP contribution in [0.2, 0.25) is 0 Å². The highest BCUT2D eigenvalue weighted by Crippen LogP contribution is 2.26. The fraction of sp³-hybridized carbons (Fsp3) is 0.185. The molecule has 2 amide bonds. The number of rotatable bonds is 6. The van der Waals surface area contributed by atoms with Gasteiger partial charge in [0.05, 0.1) is 5.92 Å². The molecule has 1 unspecified atom stereocenters. The molecule has 1 atom stereocenters. The van der Waals surface area contributed by atoms with Gasteiger partial charge < -0.3 is 14.7 Å². The van der Waals surface area contributed by atoms with Gasteiger partial charge in [0.1, 0.15) is 5.82 Å². The molecule has 35 heavy (non-hydrogen) atoms. The molecule has 1 saturated heterocycles. The Hall–Kier alpha value is -4.33. The van der Waals surface area contributed by atoms with Crippen LogP contribution in [0.4, 0.5) is 10.1 Å². The highest BCUT2D eigenvalue weighted by Gasteiger charge is 2.34. The topological polar surface area (TPSA) is 88.3 Å². The molecule has 1 aliphatic heterocycles. The van der Waals surface area contributed by atoms with Gasteiger partial charge in [-0.1, -0.05) is 53.2 Å². The van der Waals surface area contributed by atoms with Crippen molar-refractivity contribution >= 4 is 17.5 Å². The lowest BCUT2D eigenvalue weighted by atomic mass is 10.1. The van der Waals surface area contributed by atoms with Gasteiger partial charge in [-0.3, -0.25) is 9.59 Å². The monoisotopic (exact) mass is 470 g/mol. The highest BCUT2D eigenvalue weighted by atomic mass is 19.1. The molecule has 1 aliphatic rings. The van der Waals surface area contributed by atoms with Gasteiger partial charge in [0.25, 0.3) is 5.89 Å². The maximum Gasteiger partial charge on any atom is 0.258 e. The molecule has 4 aromatic rings. The van der Waals surface area contributed by atoms with Crippen molar-refractivity contribution in [3.8, 4) is 22.8 Å². The molecule has 0 aliphatic carbocycles. The molecular formula is C27H23FN4O3. The SMILES string of the molecule is Cc1ccc(-c2noc(-c3ccc(NC(=O)C4CC(=O)N(Cc5ccccc5F)C4)cc3)n2)cc1. The molecule has 1 aromatic heterocycles. The van der Waals surface area contributed by atoms with E-state index in [1.165, 1.54) is 11.0 Å². The average molecular weight is 471 g/mol. The second kappa shape index (κ2) is 9.50. The Balaban J connectivity index is 1.21. The highest BCUT2D eigenvalue weighted by molar-refractivity contribution is 5.97. The van der Waals surface area contributed by atoms with E-state index in [-0.39, 0.29) is 37.1 Å². The average Bonchev–Trinajstić information content (AvgIpc) is 3.49. The Kier molecular flexibility index (Phi) is 6.10. The number of aryl methyl sites for hydroxylation is 1. The van der Waals surface area contributed by atoms with Gasteiger partial charge in [-0.05, 0) is 37.3 Å². The van der Waals surface area contributed by atoms with Crippen LogP contribution in [0.5, 0.6) is 0 Å². The van der Waals surface area contributed by atoms with E-state index in [2.05, 4.69) is 15.5 Å². The number of hydrogen-bond acceptors (Lipinski definition) is 5. The van der Waals surface area contributed by atoms with Crippen molar-refractivity contribution in [1.29, 1.82) is 0 Å². The minimum absolute atomic E-state index is 0.0993. The smallest absolute Gasteiger partial charge is 0.258 e. The third-order valence-electron chi connectivity index (χ3n) is 6.04.